The smallest absolute Gasteiger partial charge is 0.320 e. The topological polar surface area (TPSA) is 63.6 Å². The summed E-state index contributed by atoms with van der Waals surface area (Å²) in [7, 11) is 0. The number of hydrogen-bond donors (Lipinski definition) is 1. The van der Waals surface area contributed by atoms with Gasteiger partial charge in [0.25, 0.3) is 0 Å². The first kappa shape index (κ1) is 16.3. The van der Waals surface area contributed by atoms with E-state index in [1.54, 1.807) is 0 Å². The van der Waals surface area contributed by atoms with E-state index in [2.05, 4.69) is 6.92 Å². The van der Waals surface area contributed by atoms with Crippen LogP contribution in [0.15, 0.2) is 0 Å². The number of aliphatic carboxylic acids is 1. The molecule has 1 saturated heterocycles. The number of ether oxygens (including phenoxy) is 1. The van der Waals surface area contributed by atoms with Crippen molar-refractivity contribution in [2.75, 3.05) is 5.75 Å². The van der Waals surface area contributed by atoms with Gasteiger partial charge in [0, 0.05) is 6.42 Å². The fraction of sp³-hybridized carbons (Fsp3) is 0.857. The summed E-state index contributed by atoms with van der Waals surface area (Å²) in [4.78, 5) is 22.6. The Bertz CT molecular complexity index is 293. The molecule has 2 unspecified atom stereocenters. The van der Waals surface area contributed by atoms with Crippen LogP contribution in [0.4, 0.5) is 0 Å². The van der Waals surface area contributed by atoms with Crippen molar-refractivity contribution in [3.8, 4) is 0 Å². The van der Waals surface area contributed by atoms with Crippen LogP contribution in [0.2, 0.25) is 0 Å². The fourth-order valence-corrected chi connectivity index (χ4v) is 3.37. The second-order valence-corrected chi connectivity index (χ2v) is 6.21. The standard InChI is InChI=1S/C14H24O4S/c1-2-3-4-5-6-7-8-12(15)18-11-9-10-19-13(11)14(16)17/h11,13H,2-10H2,1H3,(H,16,17). The Morgan fingerprint density at radius 1 is 1.21 bits per heavy atom. The Kier molecular flexibility index (Phi) is 7.94. The van der Waals surface area contributed by atoms with E-state index in [0.29, 0.717) is 12.8 Å². The van der Waals surface area contributed by atoms with Crippen molar-refractivity contribution >= 4 is 23.7 Å². The Hall–Kier alpha value is -0.710. The molecule has 0 aromatic carbocycles. The average molecular weight is 288 g/mol. The second kappa shape index (κ2) is 9.23. The summed E-state index contributed by atoms with van der Waals surface area (Å²) in [6, 6.07) is 0. The van der Waals surface area contributed by atoms with E-state index >= 15 is 0 Å². The van der Waals surface area contributed by atoms with Crippen molar-refractivity contribution < 1.29 is 19.4 Å². The maximum absolute atomic E-state index is 11.6. The third-order valence-electron chi connectivity index (χ3n) is 3.30. The number of carbonyl (C=O) groups excluding carboxylic acids is 1. The highest BCUT2D eigenvalue weighted by Crippen LogP contribution is 2.29. The van der Waals surface area contributed by atoms with Crippen molar-refractivity contribution in [1.82, 2.24) is 0 Å². The SMILES string of the molecule is CCCCCCCCC(=O)OC1CCSC1C(=O)O. The van der Waals surface area contributed by atoms with Crippen LogP contribution >= 0.6 is 11.8 Å². The van der Waals surface area contributed by atoms with E-state index in [1.807, 2.05) is 0 Å². The van der Waals surface area contributed by atoms with Crippen LogP contribution < -0.4 is 0 Å². The Morgan fingerprint density at radius 3 is 2.58 bits per heavy atom. The van der Waals surface area contributed by atoms with Crippen LogP contribution in [-0.4, -0.2) is 34.2 Å². The number of thioether (sulfide) groups is 1. The third-order valence-corrected chi connectivity index (χ3v) is 4.63. The zero-order chi connectivity index (χ0) is 14.1. The molecule has 110 valence electrons. The van der Waals surface area contributed by atoms with Crippen molar-refractivity contribution in [3.63, 3.8) is 0 Å². The summed E-state index contributed by atoms with van der Waals surface area (Å²) in [5, 5.41) is 8.41. The predicted molar refractivity (Wildman–Crippen MR) is 76.4 cm³/mol. The van der Waals surface area contributed by atoms with Gasteiger partial charge >= 0.3 is 11.9 Å². The summed E-state index contributed by atoms with van der Waals surface area (Å²) in [5.41, 5.74) is 0. The largest absolute Gasteiger partial charge is 0.480 e. The molecule has 1 N–H and O–H groups in total. The maximum Gasteiger partial charge on any atom is 0.320 e. The molecule has 0 aliphatic carbocycles. The molecule has 5 heteroatoms. The van der Waals surface area contributed by atoms with Crippen LogP contribution in [0, 0.1) is 0 Å². The van der Waals surface area contributed by atoms with Crippen LogP contribution in [0.1, 0.15) is 58.3 Å². The highest BCUT2D eigenvalue weighted by atomic mass is 32.2. The summed E-state index contributed by atoms with van der Waals surface area (Å²) in [5.74, 6) is -0.361. The molecular weight excluding hydrogens is 264 g/mol. The van der Waals surface area contributed by atoms with Gasteiger partial charge in [0.05, 0.1) is 0 Å². The normalized spacial score (nSPS) is 22.4. The van der Waals surface area contributed by atoms with E-state index in [4.69, 9.17) is 9.84 Å². The van der Waals surface area contributed by atoms with Crippen LogP contribution in [-0.2, 0) is 14.3 Å². The number of carboxylic acids is 1. The zero-order valence-corrected chi connectivity index (χ0v) is 12.4. The van der Waals surface area contributed by atoms with Crippen LogP contribution in [0.3, 0.4) is 0 Å². The highest BCUT2D eigenvalue weighted by Gasteiger charge is 2.36. The first-order valence-corrected chi connectivity index (χ1v) is 8.24. The molecule has 1 heterocycles. The minimum absolute atomic E-state index is 0.241. The van der Waals surface area contributed by atoms with Crippen molar-refractivity contribution in [3.05, 3.63) is 0 Å². The van der Waals surface area contributed by atoms with E-state index in [9.17, 15) is 9.59 Å². The molecule has 1 aliphatic heterocycles. The molecule has 0 aromatic heterocycles. The summed E-state index contributed by atoms with van der Waals surface area (Å²) in [6.07, 6.45) is 7.40. The van der Waals surface area contributed by atoms with Crippen molar-refractivity contribution in [2.45, 2.75) is 69.6 Å². The lowest BCUT2D eigenvalue weighted by Crippen LogP contribution is -2.31. The van der Waals surface area contributed by atoms with Gasteiger partial charge in [-0.1, -0.05) is 39.0 Å². The van der Waals surface area contributed by atoms with Gasteiger partial charge in [0.15, 0.2) is 0 Å². The van der Waals surface area contributed by atoms with Gasteiger partial charge in [0.1, 0.15) is 11.4 Å². The van der Waals surface area contributed by atoms with Crippen molar-refractivity contribution in [2.24, 2.45) is 0 Å². The molecule has 1 rings (SSSR count). The Morgan fingerprint density at radius 2 is 1.89 bits per heavy atom. The minimum atomic E-state index is -0.875. The number of carboxylic acid groups (broad SMARTS) is 1. The molecule has 4 nitrogen and oxygen atoms in total. The molecule has 1 fully saturated rings. The van der Waals surface area contributed by atoms with Gasteiger partial charge < -0.3 is 9.84 Å². The first-order chi connectivity index (χ1) is 9.15. The quantitative estimate of drug-likeness (QED) is 0.521. The lowest BCUT2D eigenvalue weighted by atomic mass is 10.1. The van der Waals surface area contributed by atoms with Gasteiger partial charge in [-0.2, -0.15) is 0 Å². The molecule has 19 heavy (non-hydrogen) atoms. The second-order valence-electron chi connectivity index (χ2n) is 4.96. The van der Waals surface area contributed by atoms with Gasteiger partial charge in [-0.05, 0) is 18.6 Å². The van der Waals surface area contributed by atoms with Gasteiger partial charge in [0.2, 0.25) is 0 Å². The van der Waals surface area contributed by atoms with E-state index in [1.165, 1.54) is 31.0 Å². The van der Waals surface area contributed by atoms with E-state index in [0.717, 1.165) is 25.0 Å². The summed E-state index contributed by atoms with van der Waals surface area (Å²) >= 11 is 1.36. The maximum atomic E-state index is 11.6. The molecule has 1 aliphatic rings. The van der Waals surface area contributed by atoms with Gasteiger partial charge in [-0.15, -0.1) is 11.8 Å². The van der Waals surface area contributed by atoms with E-state index in [-0.39, 0.29) is 5.97 Å². The zero-order valence-electron chi connectivity index (χ0n) is 11.6. The number of carbonyl (C=O) groups is 2. The predicted octanol–water partition coefficient (Wildman–Crippen LogP) is 3.24. The first-order valence-electron chi connectivity index (χ1n) is 7.19. The summed E-state index contributed by atoms with van der Waals surface area (Å²) in [6.45, 7) is 2.18. The summed E-state index contributed by atoms with van der Waals surface area (Å²) < 4.78 is 5.27. The number of hydrogen-bond acceptors (Lipinski definition) is 4. The van der Waals surface area contributed by atoms with Gasteiger partial charge in [-0.25, -0.2) is 0 Å². The molecule has 0 amide bonds. The lowest BCUT2D eigenvalue weighted by molar-refractivity contribution is -0.151. The molecule has 2 atom stereocenters. The molecule has 0 radical (unpaired) electrons. The number of unbranched alkanes of at least 4 members (excludes halogenated alkanes) is 5. The Balaban J connectivity index is 2.12. The van der Waals surface area contributed by atoms with Crippen molar-refractivity contribution in [1.29, 1.82) is 0 Å². The molecule has 0 saturated carbocycles. The Labute approximate surface area is 119 Å². The molecular formula is C14H24O4S. The molecule has 0 spiro atoms. The number of rotatable bonds is 9. The lowest BCUT2D eigenvalue weighted by Gasteiger charge is -2.15. The molecule has 0 aromatic rings. The minimum Gasteiger partial charge on any atom is -0.480 e. The number of esters is 1. The third kappa shape index (κ3) is 6.32. The van der Waals surface area contributed by atoms with Gasteiger partial charge in [-0.3, -0.25) is 9.59 Å². The fourth-order valence-electron chi connectivity index (χ4n) is 2.20. The van der Waals surface area contributed by atoms with Crippen LogP contribution in [0.5, 0.6) is 0 Å². The monoisotopic (exact) mass is 288 g/mol. The highest BCUT2D eigenvalue weighted by molar-refractivity contribution is 8.00. The average Bonchev–Trinajstić information content (AvgIpc) is 2.81. The van der Waals surface area contributed by atoms with E-state index < -0.39 is 17.3 Å². The van der Waals surface area contributed by atoms with Crippen LogP contribution in [0.25, 0.3) is 0 Å². The molecule has 0 bridgehead atoms.